The predicted molar refractivity (Wildman–Crippen MR) is 60.3 cm³/mol. The number of rotatable bonds is 3. The molecule has 0 unspecified atom stereocenters. The highest BCUT2D eigenvalue weighted by Gasteiger charge is 2.01. The number of hydrogen-bond donors (Lipinski definition) is 0. The molecule has 0 saturated carbocycles. The molecular weight excluding hydrogens is 214 g/mol. The van der Waals surface area contributed by atoms with Crippen LogP contribution in [0.4, 0.5) is 0 Å². The van der Waals surface area contributed by atoms with Crippen molar-refractivity contribution in [2.24, 2.45) is 0 Å². The van der Waals surface area contributed by atoms with Gasteiger partial charge in [-0.2, -0.15) is 0 Å². The molecule has 0 heterocycles. The number of amides is 1. The van der Waals surface area contributed by atoms with Crippen LogP contribution in [0.2, 0.25) is 5.02 Å². The van der Waals surface area contributed by atoms with Gasteiger partial charge in [-0.25, -0.2) is 5.06 Å². The number of carbonyl (C=O) groups excluding carboxylic acids is 1. The molecule has 0 aliphatic heterocycles. The summed E-state index contributed by atoms with van der Waals surface area (Å²) in [4.78, 5) is 16.0. The molecular formula is C11H12ClNO2. The number of hydroxylamine groups is 2. The monoisotopic (exact) mass is 225 g/mol. The van der Waals surface area contributed by atoms with E-state index in [1.54, 1.807) is 25.3 Å². The summed E-state index contributed by atoms with van der Waals surface area (Å²) < 4.78 is 0. The van der Waals surface area contributed by atoms with Crippen LogP contribution in [0.5, 0.6) is 0 Å². The van der Waals surface area contributed by atoms with E-state index >= 15 is 0 Å². The van der Waals surface area contributed by atoms with Crippen LogP contribution < -0.4 is 0 Å². The summed E-state index contributed by atoms with van der Waals surface area (Å²) >= 11 is 5.73. The largest absolute Gasteiger partial charge is 0.274 e. The summed E-state index contributed by atoms with van der Waals surface area (Å²) in [6.45, 7) is 0. The normalized spacial score (nSPS) is 10.6. The first-order chi connectivity index (χ1) is 7.13. The molecule has 0 bridgehead atoms. The molecule has 80 valence electrons. The van der Waals surface area contributed by atoms with Crippen molar-refractivity contribution < 1.29 is 9.63 Å². The van der Waals surface area contributed by atoms with Crippen molar-refractivity contribution in [2.45, 2.75) is 0 Å². The van der Waals surface area contributed by atoms with Gasteiger partial charge in [0.05, 0.1) is 7.11 Å². The third kappa shape index (κ3) is 3.73. The van der Waals surface area contributed by atoms with E-state index in [1.807, 2.05) is 12.1 Å². The van der Waals surface area contributed by atoms with E-state index in [9.17, 15) is 4.79 Å². The van der Waals surface area contributed by atoms with Crippen LogP contribution in [-0.2, 0) is 9.63 Å². The van der Waals surface area contributed by atoms with Crippen LogP contribution >= 0.6 is 11.6 Å². The van der Waals surface area contributed by atoms with Gasteiger partial charge in [0.25, 0.3) is 5.91 Å². The van der Waals surface area contributed by atoms with Gasteiger partial charge in [-0.3, -0.25) is 9.63 Å². The molecule has 0 atom stereocenters. The van der Waals surface area contributed by atoms with E-state index in [0.29, 0.717) is 5.02 Å². The first kappa shape index (κ1) is 11.8. The second kappa shape index (κ2) is 5.53. The van der Waals surface area contributed by atoms with Gasteiger partial charge in [0.1, 0.15) is 0 Å². The van der Waals surface area contributed by atoms with Gasteiger partial charge < -0.3 is 0 Å². The van der Waals surface area contributed by atoms with Gasteiger partial charge in [-0.1, -0.05) is 23.7 Å². The molecule has 3 nitrogen and oxygen atoms in total. The van der Waals surface area contributed by atoms with Crippen LogP contribution in [0.15, 0.2) is 30.3 Å². The van der Waals surface area contributed by atoms with Crippen molar-refractivity contribution in [1.82, 2.24) is 5.06 Å². The SMILES string of the molecule is CON(C)C(=O)/C=C\c1ccc(Cl)cc1. The highest BCUT2D eigenvalue weighted by molar-refractivity contribution is 6.30. The van der Waals surface area contributed by atoms with Crippen LogP contribution in [-0.4, -0.2) is 25.1 Å². The highest BCUT2D eigenvalue weighted by atomic mass is 35.5. The quantitative estimate of drug-likeness (QED) is 0.584. The zero-order valence-corrected chi connectivity index (χ0v) is 9.36. The molecule has 0 aliphatic rings. The third-order valence-corrected chi connectivity index (χ3v) is 2.12. The number of carbonyl (C=O) groups is 1. The number of likely N-dealkylation sites (N-methyl/N-ethyl adjacent to an activating group) is 1. The summed E-state index contributed by atoms with van der Waals surface area (Å²) in [5.41, 5.74) is 0.914. The molecule has 0 radical (unpaired) electrons. The molecule has 0 fully saturated rings. The van der Waals surface area contributed by atoms with Crippen molar-refractivity contribution in [3.63, 3.8) is 0 Å². The number of benzene rings is 1. The Morgan fingerprint density at radius 2 is 2.00 bits per heavy atom. The maximum Gasteiger partial charge on any atom is 0.269 e. The first-order valence-electron chi connectivity index (χ1n) is 4.39. The fourth-order valence-electron chi connectivity index (χ4n) is 0.936. The maximum atomic E-state index is 11.3. The molecule has 0 aliphatic carbocycles. The summed E-state index contributed by atoms with van der Waals surface area (Å²) in [5.74, 6) is -0.215. The fourth-order valence-corrected chi connectivity index (χ4v) is 1.06. The van der Waals surface area contributed by atoms with E-state index in [-0.39, 0.29) is 5.91 Å². The Morgan fingerprint density at radius 3 is 2.53 bits per heavy atom. The van der Waals surface area contributed by atoms with Crippen molar-refractivity contribution in [3.8, 4) is 0 Å². The smallest absolute Gasteiger partial charge is 0.269 e. The van der Waals surface area contributed by atoms with Gasteiger partial charge in [-0.05, 0) is 23.8 Å². The van der Waals surface area contributed by atoms with E-state index in [1.165, 1.54) is 13.2 Å². The number of hydrogen-bond acceptors (Lipinski definition) is 2. The molecule has 1 aromatic rings. The summed E-state index contributed by atoms with van der Waals surface area (Å²) in [5, 5.41) is 1.82. The fraction of sp³-hybridized carbons (Fsp3) is 0.182. The minimum atomic E-state index is -0.215. The zero-order chi connectivity index (χ0) is 11.3. The Balaban J connectivity index is 2.65. The first-order valence-corrected chi connectivity index (χ1v) is 4.76. The van der Waals surface area contributed by atoms with E-state index < -0.39 is 0 Å². The minimum absolute atomic E-state index is 0.215. The number of halogens is 1. The van der Waals surface area contributed by atoms with Crippen molar-refractivity contribution in [2.75, 3.05) is 14.2 Å². The molecule has 0 saturated heterocycles. The van der Waals surface area contributed by atoms with Crippen molar-refractivity contribution in [1.29, 1.82) is 0 Å². The predicted octanol–water partition coefficient (Wildman–Crippen LogP) is 2.37. The van der Waals surface area contributed by atoms with Crippen molar-refractivity contribution >= 4 is 23.6 Å². The Morgan fingerprint density at radius 1 is 1.40 bits per heavy atom. The lowest BCUT2D eigenvalue weighted by Gasteiger charge is -2.09. The Kier molecular flexibility index (Phi) is 4.34. The molecule has 1 amide bonds. The topological polar surface area (TPSA) is 29.5 Å². The van der Waals surface area contributed by atoms with Gasteiger partial charge in [0.2, 0.25) is 0 Å². The lowest BCUT2D eigenvalue weighted by Crippen LogP contribution is -2.22. The lowest BCUT2D eigenvalue weighted by atomic mass is 10.2. The third-order valence-electron chi connectivity index (χ3n) is 1.87. The standard InChI is InChI=1S/C11H12ClNO2/c1-13(15-2)11(14)8-5-9-3-6-10(12)7-4-9/h3-8H,1-2H3/b8-5-. The zero-order valence-electron chi connectivity index (χ0n) is 8.61. The summed E-state index contributed by atoms with van der Waals surface area (Å²) in [7, 11) is 2.99. The molecule has 0 spiro atoms. The lowest BCUT2D eigenvalue weighted by molar-refractivity contribution is -0.162. The minimum Gasteiger partial charge on any atom is -0.274 e. The van der Waals surface area contributed by atoms with Crippen LogP contribution in [0.25, 0.3) is 6.08 Å². The van der Waals surface area contributed by atoms with Gasteiger partial charge in [0.15, 0.2) is 0 Å². The molecule has 4 heteroatoms. The van der Waals surface area contributed by atoms with Gasteiger partial charge in [-0.15, -0.1) is 0 Å². The average molecular weight is 226 g/mol. The molecule has 1 aromatic carbocycles. The second-order valence-corrected chi connectivity index (χ2v) is 3.34. The van der Waals surface area contributed by atoms with E-state index in [4.69, 9.17) is 16.4 Å². The maximum absolute atomic E-state index is 11.3. The second-order valence-electron chi connectivity index (χ2n) is 2.90. The Labute approximate surface area is 93.9 Å². The van der Waals surface area contributed by atoms with Crippen LogP contribution in [0, 0.1) is 0 Å². The molecule has 0 N–H and O–H groups in total. The van der Waals surface area contributed by atoms with E-state index in [2.05, 4.69) is 0 Å². The highest BCUT2D eigenvalue weighted by Crippen LogP contribution is 2.10. The molecule has 1 rings (SSSR count). The Bertz CT molecular complexity index is 359. The van der Waals surface area contributed by atoms with Crippen LogP contribution in [0.3, 0.4) is 0 Å². The number of nitrogens with zero attached hydrogens (tertiary/aromatic N) is 1. The summed E-state index contributed by atoms with van der Waals surface area (Å²) in [6, 6.07) is 7.20. The average Bonchev–Trinajstić information content (AvgIpc) is 2.26. The van der Waals surface area contributed by atoms with Crippen LogP contribution in [0.1, 0.15) is 5.56 Å². The van der Waals surface area contributed by atoms with Crippen molar-refractivity contribution in [3.05, 3.63) is 40.9 Å². The Hall–Kier alpha value is -1.32. The summed E-state index contributed by atoms with van der Waals surface area (Å²) in [6.07, 6.45) is 3.14. The van der Waals surface area contributed by atoms with Gasteiger partial charge >= 0.3 is 0 Å². The van der Waals surface area contributed by atoms with Gasteiger partial charge in [0, 0.05) is 18.1 Å². The van der Waals surface area contributed by atoms with E-state index in [0.717, 1.165) is 10.6 Å². The molecule has 0 aromatic heterocycles. The molecule has 15 heavy (non-hydrogen) atoms.